The van der Waals surface area contributed by atoms with Crippen LogP contribution >= 0.6 is 0 Å². The highest BCUT2D eigenvalue weighted by atomic mass is 16.4. The standard InChI is InChI=1S/C16H23NO4/c1-15(2,3)16(17,14(20)21)10-12(13(18)19)9-11-7-5-4-6-8-11/h4-8,12H,9-10,17H2,1-3H3,(H,18,19)(H,20,21)/t12?,16-/m0/s1. The summed E-state index contributed by atoms with van der Waals surface area (Å²) in [5.41, 5.74) is 4.56. The molecule has 0 spiro atoms. The summed E-state index contributed by atoms with van der Waals surface area (Å²) in [5.74, 6) is -3.04. The van der Waals surface area contributed by atoms with Crippen LogP contribution in [0.5, 0.6) is 0 Å². The van der Waals surface area contributed by atoms with Crippen molar-refractivity contribution in [2.24, 2.45) is 17.1 Å². The number of hydrogen-bond donors (Lipinski definition) is 3. The van der Waals surface area contributed by atoms with E-state index in [0.29, 0.717) is 0 Å². The molecule has 0 bridgehead atoms. The number of carboxylic acid groups (broad SMARTS) is 2. The minimum Gasteiger partial charge on any atom is -0.481 e. The first-order valence-electron chi connectivity index (χ1n) is 6.87. The minimum atomic E-state index is -1.59. The van der Waals surface area contributed by atoms with E-state index in [0.717, 1.165) is 5.56 Å². The Balaban J connectivity index is 3.02. The van der Waals surface area contributed by atoms with E-state index >= 15 is 0 Å². The largest absolute Gasteiger partial charge is 0.481 e. The Morgan fingerprint density at radius 1 is 1.14 bits per heavy atom. The van der Waals surface area contributed by atoms with Gasteiger partial charge in [0.1, 0.15) is 5.54 Å². The van der Waals surface area contributed by atoms with E-state index in [1.165, 1.54) is 0 Å². The van der Waals surface area contributed by atoms with Gasteiger partial charge >= 0.3 is 11.9 Å². The highest BCUT2D eigenvalue weighted by molar-refractivity contribution is 5.81. The van der Waals surface area contributed by atoms with Crippen molar-refractivity contribution < 1.29 is 19.8 Å². The summed E-state index contributed by atoms with van der Waals surface area (Å²) in [6, 6.07) is 9.15. The Hall–Kier alpha value is -1.88. The van der Waals surface area contributed by atoms with Crippen LogP contribution in [0.2, 0.25) is 0 Å². The monoisotopic (exact) mass is 293 g/mol. The molecule has 5 nitrogen and oxygen atoms in total. The topological polar surface area (TPSA) is 101 Å². The summed E-state index contributed by atoms with van der Waals surface area (Å²) in [5, 5.41) is 18.8. The SMILES string of the molecule is CC(C)(C)[C@](N)(CC(Cc1ccccc1)C(=O)O)C(=O)O. The van der Waals surface area contributed by atoms with Gasteiger partial charge in [-0.1, -0.05) is 51.1 Å². The lowest BCUT2D eigenvalue weighted by Crippen LogP contribution is -2.59. The molecule has 1 rings (SSSR count). The Labute approximate surface area is 124 Å². The highest BCUT2D eigenvalue weighted by Crippen LogP contribution is 2.35. The lowest BCUT2D eigenvalue weighted by molar-refractivity contribution is -0.151. The average Bonchev–Trinajstić information content (AvgIpc) is 2.37. The van der Waals surface area contributed by atoms with Crippen molar-refractivity contribution in [2.45, 2.75) is 39.2 Å². The van der Waals surface area contributed by atoms with E-state index in [4.69, 9.17) is 5.73 Å². The number of nitrogens with two attached hydrogens (primary N) is 1. The summed E-state index contributed by atoms with van der Waals surface area (Å²) in [7, 11) is 0. The van der Waals surface area contributed by atoms with E-state index in [1.54, 1.807) is 20.8 Å². The zero-order valence-electron chi connectivity index (χ0n) is 12.7. The molecule has 0 aliphatic carbocycles. The third-order valence-corrected chi connectivity index (χ3v) is 3.96. The molecule has 1 aromatic rings. The first-order valence-corrected chi connectivity index (χ1v) is 6.87. The van der Waals surface area contributed by atoms with Crippen LogP contribution in [-0.2, 0) is 16.0 Å². The fraction of sp³-hybridized carbons (Fsp3) is 0.500. The van der Waals surface area contributed by atoms with Gasteiger partial charge in [0.25, 0.3) is 0 Å². The maximum Gasteiger partial charge on any atom is 0.324 e. The van der Waals surface area contributed by atoms with E-state index in [9.17, 15) is 19.8 Å². The zero-order chi connectivity index (χ0) is 16.3. The van der Waals surface area contributed by atoms with Crippen molar-refractivity contribution in [1.82, 2.24) is 0 Å². The van der Waals surface area contributed by atoms with Crippen molar-refractivity contribution in [2.75, 3.05) is 0 Å². The second-order valence-corrected chi connectivity index (χ2v) is 6.46. The van der Waals surface area contributed by atoms with Crippen LogP contribution in [0.4, 0.5) is 0 Å². The van der Waals surface area contributed by atoms with Crippen molar-refractivity contribution >= 4 is 11.9 Å². The zero-order valence-corrected chi connectivity index (χ0v) is 12.7. The normalized spacial score (nSPS) is 16.0. The summed E-state index contributed by atoms with van der Waals surface area (Å²) in [6.07, 6.45) is 0.147. The van der Waals surface area contributed by atoms with E-state index in [-0.39, 0.29) is 12.8 Å². The van der Waals surface area contributed by atoms with Gasteiger partial charge in [0.05, 0.1) is 5.92 Å². The Morgan fingerprint density at radius 3 is 2.05 bits per heavy atom. The van der Waals surface area contributed by atoms with Gasteiger partial charge in [-0.15, -0.1) is 0 Å². The molecule has 1 aromatic carbocycles. The van der Waals surface area contributed by atoms with Gasteiger partial charge in [0, 0.05) is 0 Å². The molecule has 1 unspecified atom stereocenters. The molecule has 0 aliphatic heterocycles. The van der Waals surface area contributed by atoms with Crippen molar-refractivity contribution in [1.29, 1.82) is 0 Å². The van der Waals surface area contributed by atoms with Crippen molar-refractivity contribution in [3.05, 3.63) is 35.9 Å². The molecule has 2 atom stereocenters. The predicted molar refractivity (Wildman–Crippen MR) is 79.9 cm³/mol. The van der Waals surface area contributed by atoms with Crippen LogP contribution in [0.15, 0.2) is 30.3 Å². The number of rotatable bonds is 6. The molecule has 0 saturated carbocycles. The fourth-order valence-electron chi connectivity index (χ4n) is 2.25. The Kier molecular flexibility index (Phi) is 5.12. The number of hydrogen-bond acceptors (Lipinski definition) is 3. The maximum atomic E-state index is 11.6. The van der Waals surface area contributed by atoms with E-state index in [1.807, 2.05) is 30.3 Å². The molecule has 116 valence electrons. The van der Waals surface area contributed by atoms with Crippen LogP contribution in [0.25, 0.3) is 0 Å². The first kappa shape index (κ1) is 17.2. The fourth-order valence-corrected chi connectivity index (χ4v) is 2.25. The molecule has 21 heavy (non-hydrogen) atoms. The second kappa shape index (κ2) is 6.26. The van der Waals surface area contributed by atoms with Crippen LogP contribution in [0.1, 0.15) is 32.8 Å². The van der Waals surface area contributed by atoms with Gasteiger partial charge in [-0.2, -0.15) is 0 Å². The number of carboxylic acids is 2. The number of benzene rings is 1. The number of aliphatic carboxylic acids is 2. The predicted octanol–water partition coefficient (Wildman–Crippen LogP) is 2.15. The third-order valence-electron chi connectivity index (χ3n) is 3.96. The van der Waals surface area contributed by atoms with Gasteiger partial charge in [0.2, 0.25) is 0 Å². The minimum absolute atomic E-state index is 0.115. The van der Waals surface area contributed by atoms with E-state index in [2.05, 4.69) is 0 Å². The summed E-state index contributed by atoms with van der Waals surface area (Å²) >= 11 is 0. The van der Waals surface area contributed by atoms with Gasteiger partial charge in [0.15, 0.2) is 0 Å². The molecule has 4 N–H and O–H groups in total. The van der Waals surface area contributed by atoms with Crippen LogP contribution < -0.4 is 5.73 Å². The van der Waals surface area contributed by atoms with Crippen molar-refractivity contribution in [3.63, 3.8) is 0 Å². The average molecular weight is 293 g/mol. The van der Waals surface area contributed by atoms with Gasteiger partial charge in [-0.25, -0.2) is 0 Å². The van der Waals surface area contributed by atoms with Gasteiger partial charge in [-0.3, -0.25) is 9.59 Å². The summed E-state index contributed by atoms with van der Waals surface area (Å²) < 4.78 is 0. The molecule has 0 saturated heterocycles. The molecular formula is C16H23NO4. The third kappa shape index (κ3) is 4.04. The summed E-state index contributed by atoms with van der Waals surface area (Å²) in [6.45, 7) is 5.13. The molecule has 0 heterocycles. The highest BCUT2D eigenvalue weighted by Gasteiger charge is 2.47. The lowest BCUT2D eigenvalue weighted by Gasteiger charge is -2.39. The molecular weight excluding hydrogens is 270 g/mol. The van der Waals surface area contributed by atoms with Crippen LogP contribution in [0.3, 0.4) is 0 Å². The second-order valence-electron chi connectivity index (χ2n) is 6.46. The Bertz CT molecular complexity index is 507. The molecule has 5 heteroatoms. The molecule has 0 fully saturated rings. The van der Waals surface area contributed by atoms with Crippen LogP contribution in [0, 0.1) is 11.3 Å². The van der Waals surface area contributed by atoms with Gasteiger partial charge < -0.3 is 15.9 Å². The molecule has 0 radical (unpaired) electrons. The molecule has 0 aliphatic rings. The summed E-state index contributed by atoms with van der Waals surface area (Å²) in [4.78, 5) is 23.0. The maximum absolute atomic E-state index is 11.6. The molecule has 0 amide bonds. The lowest BCUT2D eigenvalue weighted by atomic mass is 9.69. The molecule has 0 aromatic heterocycles. The van der Waals surface area contributed by atoms with Crippen molar-refractivity contribution in [3.8, 4) is 0 Å². The number of carbonyl (C=O) groups is 2. The first-order chi connectivity index (χ1) is 9.58. The van der Waals surface area contributed by atoms with E-state index < -0.39 is 28.8 Å². The Morgan fingerprint density at radius 2 is 1.67 bits per heavy atom. The van der Waals surface area contributed by atoms with Gasteiger partial charge in [-0.05, 0) is 23.8 Å². The van der Waals surface area contributed by atoms with Crippen LogP contribution in [-0.4, -0.2) is 27.7 Å². The smallest absolute Gasteiger partial charge is 0.324 e. The quantitative estimate of drug-likeness (QED) is 0.746.